The van der Waals surface area contributed by atoms with Crippen molar-refractivity contribution < 1.29 is 23.2 Å². The number of carbonyl (C=O) groups excluding carboxylic acids is 2. The van der Waals surface area contributed by atoms with Crippen molar-refractivity contribution in [2.24, 2.45) is 5.10 Å². The molecule has 3 aromatic rings. The zero-order valence-electron chi connectivity index (χ0n) is 14.9. The number of hydrogen-bond donors (Lipinski definition) is 0. The Labute approximate surface area is 179 Å². The maximum Gasteiger partial charge on any atom is 0.374 e. The van der Waals surface area contributed by atoms with Crippen molar-refractivity contribution in [1.29, 1.82) is 0 Å². The maximum atomic E-state index is 12.8. The Morgan fingerprint density at radius 1 is 1.21 bits per heavy atom. The number of rotatable bonds is 5. The Bertz CT molecular complexity index is 1060. The van der Waals surface area contributed by atoms with Crippen LogP contribution in [0, 0.1) is 0 Å². The molecule has 1 amide bonds. The fraction of sp³-hybridized carbons (Fsp3) is 0.150. The van der Waals surface area contributed by atoms with Crippen molar-refractivity contribution in [3.05, 3.63) is 81.6 Å². The van der Waals surface area contributed by atoms with Crippen molar-refractivity contribution >= 4 is 45.1 Å². The Morgan fingerprint density at radius 3 is 2.66 bits per heavy atom. The van der Waals surface area contributed by atoms with Crippen LogP contribution in [0.1, 0.15) is 34.3 Å². The summed E-state index contributed by atoms with van der Waals surface area (Å²) in [5.41, 5.74) is 1.55. The van der Waals surface area contributed by atoms with Gasteiger partial charge in [-0.25, -0.2) is 9.80 Å². The molecule has 0 saturated carbocycles. The van der Waals surface area contributed by atoms with Gasteiger partial charge in [0.25, 0.3) is 5.91 Å². The van der Waals surface area contributed by atoms with Crippen LogP contribution in [0.2, 0.25) is 5.02 Å². The third-order valence-electron chi connectivity index (χ3n) is 4.32. The molecular weight excluding hydrogens is 464 g/mol. The predicted molar refractivity (Wildman–Crippen MR) is 108 cm³/mol. The third kappa shape index (κ3) is 4.28. The molecule has 0 saturated heterocycles. The summed E-state index contributed by atoms with van der Waals surface area (Å²) in [4.78, 5) is 24.8. The fourth-order valence-corrected chi connectivity index (χ4v) is 3.38. The van der Waals surface area contributed by atoms with Gasteiger partial charge in [-0.2, -0.15) is 5.10 Å². The van der Waals surface area contributed by atoms with Crippen molar-refractivity contribution in [1.82, 2.24) is 5.01 Å². The first kappa shape index (κ1) is 19.5. The molecule has 29 heavy (non-hydrogen) atoms. The van der Waals surface area contributed by atoms with Gasteiger partial charge in [-0.1, -0.05) is 23.7 Å². The highest BCUT2D eigenvalue weighted by Crippen LogP contribution is 2.33. The van der Waals surface area contributed by atoms with Crippen molar-refractivity contribution in [2.75, 3.05) is 6.61 Å². The molecule has 1 aliphatic rings. The number of halogens is 2. The number of ether oxygens (including phenoxy) is 1. The van der Waals surface area contributed by atoms with Gasteiger partial charge in [0, 0.05) is 11.4 Å². The first-order chi connectivity index (χ1) is 14.0. The van der Waals surface area contributed by atoms with E-state index in [2.05, 4.69) is 21.0 Å². The van der Waals surface area contributed by atoms with Crippen LogP contribution in [0.5, 0.6) is 0 Å². The number of hydrazone groups is 1. The Hall–Kier alpha value is -2.84. The van der Waals surface area contributed by atoms with E-state index in [1.54, 1.807) is 30.3 Å². The number of esters is 1. The quantitative estimate of drug-likeness (QED) is 0.492. The molecule has 2 aromatic heterocycles. The largest absolute Gasteiger partial charge is 0.467 e. The molecule has 1 aromatic carbocycles. The van der Waals surface area contributed by atoms with Gasteiger partial charge in [0.2, 0.25) is 5.76 Å². The van der Waals surface area contributed by atoms with E-state index < -0.39 is 24.5 Å². The molecule has 1 atom stereocenters. The van der Waals surface area contributed by atoms with E-state index in [0.717, 1.165) is 5.56 Å². The average Bonchev–Trinajstić information content (AvgIpc) is 3.46. The van der Waals surface area contributed by atoms with Gasteiger partial charge >= 0.3 is 5.97 Å². The molecule has 0 spiro atoms. The second kappa shape index (κ2) is 8.26. The van der Waals surface area contributed by atoms with Crippen LogP contribution in [0.15, 0.2) is 73.4 Å². The molecule has 0 bridgehead atoms. The lowest BCUT2D eigenvalue weighted by atomic mass is 10.0. The van der Waals surface area contributed by atoms with Crippen LogP contribution in [-0.2, 0) is 9.53 Å². The number of amides is 1. The highest BCUT2D eigenvalue weighted by Gasteiger charge is 2.35. The van der Waals surface area contributed by atoms with Gasteiger partial charge in [0.1, 0.15) is 11.8 Å². The SMILES string of the molecule is O=C(OCC(=O)N1N=C(c2ccc(Cl)cc2)C[C@@H]1c1ccco1)c1ccc(Br)o1. The minimum Gasteiger partial charge on any atom is -0.467 e. The van der Waals surface area contributed by atoms with Crippen molar-refractivity contribution in [2.45, 2.75) is 12.5 Å². The summed E-state index contributed by atoms with van der Waals surface area (Å²) in [7, 11) is 0. The summed E-state index contributed by atoms with van der Waals surface area (Å²) >= 11 is 9.06. The second-order valence-electron chi connectivity index (χ2n) is 6.21. The minimum atomic E-state index is -0.736. The molecule has 148 valence electrons. The molecule has 0 fully saturated rings. The van der Waals surface area contributed by atoms with Gasteiger partial charge in [-0.15, -0.1) is 0 Å². The Balaban J connectivity index is 1.52. The van der Waals surface area contributed by atoms with E-state index in [4.69, 9.17) is 25.2 Å². The van der Waals surface area contributed by atoms with Gasteiger partial charge in [-0.05, 0) is 57.9 Å². The summed E-state index contributed by atoms with van der Waals surface area (Å²) in [5, 5.41) is 6.35. The minimum absolute atomic E-state index is 0.000893. The molecule has 0 unspecified atom stereocenters. The topological polar surface area (TPSA) is 85.3 Å². The molecule has 0 aliphatic carbocycles. The molecule has 1 aliphatic heterocycles. The fourth-order valence-electron chi connectivity index (χ4n) is 2.95. The maximum absolute atomic E-state index is 12.8. The number of hydrogen-bond acceptors (Lipinski definition) is 6. The summed E-state index contributed by atoms with van der Waals surface area (Å²) in [6.07, 6.45) is 1.99. The standard InChI is InChI=1S/C20H14BrClN2O5/c21-18-8-7-17(29-18)20(26)28-11-19(25)24-15(16-2-1-9-27-16)10-14(23-24)12-3-5-13(22)6-4-12/h1-9,15H,10-11H2/t15-/m1/s1. The van der Waals surface area contributed by atoms with Crippen LogP contribution in [0.25, 0.3) is 0 Å². The highest BCUT2D eigenvalue weighted by atomic mass is 79.9. The van der Waals surface area contributed by atoms with Gasteiger partial charge in [0.15, 0.2) is 11.3 Å². The van der Waals surface area contributed by atoms with Gasteiger partial charge in [-0.3, -0.25) is 4.79 Å². The molecular formula is C20H14BrClN2O5. The van der Waals surface area contributed by atoms with E-state index in [1.165, 1.54) is 17.3 Å². The number of nitrogens with zero attached hydrogens (tertiary/aromatic N) is 2. The summed E-state index contributed by atoms with van der Waals surface area (Å²) in [6.45, 7) is -0.480. The van der Waals surface area contributed by atoms with E-state index >= 15 is 0 Å². The number of carbonyl (C=O) groups is 2. The lowest BCUT2D eigenvalue weighted by Gasteiger charge is -2.19. The first-order valence-corrected chi connectivity index (χ1v) is 9.79. The van der Waals surface area contributed by atoms with Crippen LogP contribution in [0.3, 0.4) is 0 Å². The monoisotopic (exact) mass is 476 g/mol. The Morgan fingerprint density at radius 2 is 2.00 bits per heavy atom. The van der Waals surface area contributed by atoms with Crippen molar-refractivity contribution in [3.63, 3.8) is 0 Å². The molecule has 9 heteroatoms. The van der Waals surface area contributed by atoms with Gasteiger partial charge < -0.3 is 13.6 Å². The van der Waals surface area contributed by atoms with E-state index in [1.807, 2.05) is 12.1 Å². The van der Waals surface area contributed by atoms with Crippen molar-refractivity contribution in [3.8, 4) is 0 Å². The van der Waals surface area contributed by atoms with E-state index in [0.29, 0.717) is 27.6 Å². The molecule has 4 rings (SSSR count). The molecule has 0 N–H and O–H groups in total. The van der Waals surface area contributed by atoms with E-state index in [-0.39, 0.29) is 5.76 Å². The van der Waals surface area contributed by atoms with Crippen LogP contribution >= 0.6 is 27.5 Å². The van der Waals surface area contributed by atoms with Crippen LogP contribution in [-0.4, -0.2) is 29.2 Å². The zero-order valence-corrected chi connectivity index (χ0v) is 17.2. The smallest absolute Gasteiger partial charge is 0.374 e. The first-order valence-electron chi connectivity index (χ1n) is 8.62. The normalized spacial score (nSPS) is 16.0. The molecule has 7 nitrogen and oxygen atoms in total. The lowest BCUT2D eigenvalue weighted by molar-refractivity contribution is -0.136. The molecule has 3 heterocycles. The van der Waals surface area contributed by atoms with E-state index in [9.17, 15) is 9.59 Å². The summed E-state index contributed by atoms with van der Waals surface area (Å²) in [5.74, 6) is -0.625. The summed E-state index contributed by atoms with van der Waals surface area (Å²) in [6, 6.07) is 13.3. The molecule has 0 radical (unpaired) electrons. The van der Waals surface area contributed by atoms with Crippen LogP contribution in [0.4, 0.5) is 0 Å². The third-order valence-corrected chi connectivity index (χ3v) is 4.99. The van der Waals surface area contributed by atoms with Crippen LogP contribution < -0.4 is 0 Å². The number of benzene rings is 1. The zero-order chi connectivity index (χ0) is 20.4. The lowest BCUT2D eigenvalue weighted by Crippen LogP contribution is -2.31. The summed E-state index contributed by atoms with van der Waals surface area (Å²) < 4.78 is 16.1. The van der Waals surface area contributed by atoms with Gasteiger partial charge in [0.05, 0.1) is 12.0 Å². The predicted octanol–water partition coefficient (Wildman–Crippen LogP) is 4.82. The Kier molecular flexibility index (Phi) is 5.55. The highest BCUT2D eigenvalue weighted by molar-refractivity contribution is 9.10. The number of furan rings is 2. The second-order valence-corrected chi connectivity index (χ2v) is 7.43. The average molecular weight is 478 g/mol.